The largest absolute Gasteiger partial charge is 0.391 e. The zero-order chi connectivity index (χ0) is 16.8. The molecule has 3 nitrogen and oxygen atoms in total. The summed E-state index contributed by atoms with van der Waals surface area (Å²) >= 11 is 0. The molecule has 0 saturated carbocycles. The molecule has 1 aliphatic rings. The number of hydrogen-bond donors (Lipinski definition) is 1. The van der Waals surface area contributed by atoms with Crippen molar-refractivity contribution in [1.29, 1.82) is 0 Å². The van der Waals surface area contributed by atoms with Crippen LogP contribution < -0.4 is 0 Å². The van der Waals surface area contributed by atoms with Gasteiger partial charge in [-0.25, -0.2) is 0 Å². The van der Waals surface area contributed by atoms with Crippen LogP contribution in [0.3, 0.4) is 0 Å². The Balaban J connectivity index is 1.77. The number of hydrogen-bond acceptors (Lipinski definition) is 2. The predicted octanol–water partition coefficient (Wildman–Crippen LogP) is 5.06. The number of aliphatic hydroxyl groups is 1. The van der Waals surface area contributed by atoms with Gasteiger partial charge in [-0.1, -0.05) is 84.0 Å². The van der Waals surface area contributed by atoms with Gasteiger partial charge in [0.05, 0.1) is 6.10 Å². The molecule has 0 spiro atoms. The molecular formula is C20H39NO2. The summed E-state index contributed by atoms with van der Waals surface area (Å²) in [6, 6.07) is 0. The number of amides is 1. The second-order valence-electron chi connectivity index (χ2n) is 7.27. The molecule has 0 unspecified atom stereocenters. The van der Waals surface area contributed by atoms with Crippen LogP contribution in [0.4, 0.5) is 0 Å². The van der Waals surface area contributed by atoms with Crippen LogP contribution in [0.2, 0.25) is 0 Å². The van der Waals surface area contributed by atoms with Gasteiger partial charge in [0.25, 0.3) is 0 Å². The van der Waals surface area contributed by atoms with Crippen LogP contribution in [0.1, 0.15) is 103 Å². The van der Waals surface area contributed by atoms with Crippen LogP contribution in [0.25, 0.3) is 0 Å². The standard InChI is InChI=1S/C20H39NO2/c1-2-3-4-5-6-7-8-9-10-11-12-13-14-15-20(23)21-17-16-19(22)18-21/h19,22H,2-18H2,1H3/t19-/m0/s1. The van der Waals surface area contributed by atoms with Gasteiger partial charge in [-0.05, 0) is 12.8 Å². The fraction of sp³-hybridized carbons (Fsp3) is 0.950. The number of carbonyl (C=O) groups excluding carboxylic acids is 1. The molecule has 1 atom stereocenters. The fourth-order valence-corrected chi connectivity index (χ4v) is 3.42. The maximum absolute atomic E-state index is 11.9. The summed E-state index contributed by atoms with van der Waals surface area (Å²) in [5.74, 6) is 0.240. The van der Waals surface area contributed by atoms with Gasteiger partial charge in [0.1, 0.15) is 0 Å². The van der Waals surface area contributed by atoms with Crippen LogP contribution in [0.15, 0.2) is 0 Å². The third-order valence-electron chi connectivity index (χ3n) is 5.01. The Hall–Kier alpha value is -0.570. The normalized spacial score (nSPS) is 17.8. The smallest absolute Gasteiger partial charge is 0.222 e. The van der Waals surface area contributed by atoms with Crippen molar-refractivity contribution in [3.63, 3.8) is 0 Å². The van der Waals surface area contributed by atoms with Gasteiger partial charge >= 0.3 is 0 Å². The van der Waals surface area contributed by atoms with E-state index in [9.17, 15) is 9.90 Å². The average molecular weight is 326 g/mol. The van der Waals surface area contributed by atoms with Gasteiger partial charge in [-0.15, -0.1) is 0 Å². The topological polar surface area (TPSA) is 40.5 Å². The number of unbranched alkanes of at least 4 members (excludes halogenated alkanes) is 12. The van der Waals surface area contributed by atoms with Gasteiger partial charge in [0.2, 0.25) is 5.91 Å². The molecule has 0 radical (unpaired) electrons. The van der Waals surface area contributed by atoms with Crippen molar-refractivity contribution in [2.24, 2.45) is 0 Å². The van der Waals surface area contributed by atoms with Crippen LogP contribution in [0, 0.1) is 0 Å². The second kappa shape index (κ2) is 13.8. The van der Waals surface area contributed by atoms with Gasteiger partial charge in [-0.2, -0.15) is 0 Å². The number of aliphatic hydroxyl groups excluding tert-OH is 1. The predicted molar refractivity (Wildman–Crippen MR) is 97.5 cm³/mol. The lowest BCUT2D eigenvalue weighted by Crippen LogP contribution is -2.29. The van der Waals surface area contributed by atoms with E-state index < -0.39 is 0 Å². The van der Waals surface area contributed by atoms with E-state index in [2.05, 4.69) is 6.92 Å². The third-order valence-corrected chi connectivity index (χ3v) is 5.01. The minimum Gasteiger partial charge on any atom is -0.391 e. The Morgan fingerprint density at radius 3 is 1.78 bits per heavy atom. The molecule has 23 heavy (non-hydrogen) atoms. The summed E-state index contributed by atoms with van der Waals surface area (Å²) in [6.07, 6.45) is 18.5. The van der Waals surface area contributed by atoms with E-state index in [1.807, 2.05) is 4.90 Å². The van der Waals surface area contributed by atoms with E-state index in [0.717, 1.165) is 19.4 Å². The first-order valence-corrected chi connectivity index (χ1v) is 10.2. The molecule has 136 valence electrons. The molecule has 1 rings (SSSR count). The maximum atomic E-state index is 11.9. The van der Waals surface area contributed by atoms with Crippen molar-refractivity contribution in [2.75, 3.05) is 13.1 Å². The summed E-state index contributed by atoms with van der Waals surface area (Å²) < 4.78 is 0. The third kappa shape index (κ3) is 10.8. The Kier molecular flexibility index (Phi) is 12.3. The van der Waals surface area contributed by atoms with Crippen molar-refractivity contribution in [3.05, 3.63) is 0 Å². The quantitative estimate of drug-likeness (QED) is 0.453. The summed E-state index contributed by atoms with van der Waals surface area (Å²) in [4.78, 5) is 13.7. The van der Waals surface area contributed by atoms with E-state index in [1.165, 1.54) is 77.0 Å². The molecular weight excluding hydrogens is 286 g/mol. The molecule has 0 aliphatic carbocycles. The highest BCUT2D eigenvalue weighted by Gasteiger charge is 2.23. The van der Waals surface area contributed by atoms with E-state index in [4.69, 9.17) is 0 Å². The van der Waals surface area contributed by atoms with Crippen molar-refractivity contribution in [2.45, 2.75) is 109 Å². The van der Waals surface area contributed by atoms with Gasteiger partial charge in [-0.3, -0.25) is 4.79 Å². The molecule has 1 N–H and O–H groups in total. The van der Waals surface area contributed by atoms with Crippen LogP contribution in [-0.4, -0.2) is 35.1 Å². The molecule has 1 fully saturated rings. The first-order chi connectivity index (χ1) is 11.2. The monoisotopic (exact) mass is 325 g/mol. The minimum atomic E-state index is -0.286. The summed E-state index contributed by atoms with van der Waals surface area (Å²) in [5, 5.41) is 9.44. The fourth-order valence-electron chi connectivity index (χ4n) is 3.42. The molecule has 0 aromatic rings. The summed E-state index contributed by atoms with van der Waals surface area (Å²) in [6.45, 7) is 3.57. The number of β-amino-alcohol motifs (C(OH)–C–C–N with tert-alkyl or cyclic N) is 1. The Labute approximate surface area is 143 Å². The maximum Gasteiger partial charge on any atom is 0.222 e. The highest BCUT2D eigenvalue weighted by atomic mass is 16.3. The van der Waals surface area contributed by atoms with Crippen molar-refractivity contribution < 1.29 is 9.90 Å². The van der Waals surface area contributed by atoms with Crippen molar-refractivity contribution >= 4 is 5.91 Å². The lowest BCUT2D eigenvalue weighted by atomic mass is 10.0. The van der Waals surface area contributed by atoms with Gasteiger partial charge in [0, 0.05) is 19.5 Å². The van der Waals surface area contributed by atoms with Crippen LogP contribution >= 0.6 is 0 Å². The number of nitrogens with zero attached hydrogens (tertiary/aromatic N) is 1. The highest BCUT2D eigenvalue weighted by Crippen LogP contribution is 2.15. The molecule has 0 aromatic heterocycles. The zero-order valence-corrected chi connectivity index (χ0v) is 15.4. The van der Waals surface area contributed by atoms with Gasteiger partial charge in [0.15, 0.2) is 0 Å². The Morgan fingerprint density at radius 1 is 0.870 bits per heavy atom. The lowest BCUT2D eigenvalue weighted by molar-refractivity contribution is -0.130. The Morgan fingerprint density at radius 2 is 1.35 bits per heavy atom. The average Bonchev–Trinajstić information content (AvgIpc) is 2.98. The van der Waals surface area contributed by atoms with Crippen molar-refractivity contribution in [1.82, 2.24) is 4.90 Å². The number of carbonyl (C=O) groups is 1. The number of likely N-dealkylation sites (tertiary alicyclic amines) is 1. The van der Waals surface area contributed by atoms with Crippen LogP contribution in [-0.2, 0) is 4.79 Å². The van der Waals surface area contributed by atoms with E-state index in [0.29, 0.717) is 13.0 Å². The second-order valence-corrected chi connectivity index (χ2v) is 7.27. The first kappa shape index (κ1) is 20.5. The summed E-state index contributed by atoms with van der Waals surface area (Å²) in [7, 11) is 0. The molecule has 1 aliphatic heterocycles. The van der Waals surface area contributed by atoms with E-state index in [1.54, 1.807) is 0 Å². The summed E-state index contributed by atoms with van der Waals surface area (Å²) in [5.41, 5.74) is 0. The number of rotatable bonds is 14. The molecule has 3 heteroatoms. The van der Waals surface area contributed by atoms with E-state index >= 15 is 0 Å². The van der Waals surface area contributed by atoms with Crippen LogP contribution in [0.5, 0.6) is 0 Å². The zero-order valence-electron chi connectivity index (χ0n) is 15.4. The molecule has 1 amide bonds. The molecule has 1 saturated heterocycles. The molecule has 0 bridgehead atoms. The molecule has 1 heterocycles. The first-order valence-electron chi connectivity index (χ1n) is 10.2. The lowest BCUT2D eigenvalue weighted by Gasteiger charge is -2.15. The Bertz CT molecular complexity index is 293. The SMILES string of the molecule is CCCCCCCCCCCCCCCC(=O)N1CC[C@H](O)C1. The molecule has 0 aromatic carbocycles. The van der Waals surface area contributed by atoms with Gasteiger partial charge < -0.3 is 10.0 Å². The minimum absolute atomic E-state index is 0.240. The van der Waals surface area contributed by atoms with Crippen molar-refractivity contribution in [3.8, 4) is 0 Å². The highest BCUT2D eigenvalue weighted by molar-refractivity contribution is 5.76. The van der Waals surface area contributed by atoms with E-state index in [-0.39, 0.29) is 12.0 Å².